The Bertz CT molecular complexity index is 1070. The quantitative estimate of drug-likeness (QED) is 0.581. The molecule has 0 unspecified atom stereocenters. The molecule has 3 aromatic carbocycles. The van der Waals surface area contributed by atoms with E-state index in [0.717, 1.165) is 0 Å². The van der Waals surface area contributed by atoms with Crippen molar-refractivity contribution in [1.82, 2.24) is 0 Å². The average Bonchev–Trinajstić information content (AvgIpc) is 2.74. The molecule has 0 fully saturated rings. The fourth-order valence-corrected chi connectivity index (χ4v) is 2.72. The van der Waals surface area contributed by atoms with Gasteiger partial charge in [0.05, 0.1) is 0 Å². The minimum Gasteiger partial charge on any atom is -0.326 e. The zero-order valence-electron chi connectivity index (χ0n) is 17.2. The lowest BCUT2D eigenvalue weighted by atomic mass is 9.95. The van der Waals surface area contributed by atoms with Crippen LogP contribution in [0.15, 0.2) is 78.9 Å². The number of rotatable bonds is 5. The Kier molecular flexibility index (Phi) is 6.11. The van der Waals surface area contributed by atoms with Gasteiger partial charge in [-0.15, -0.1) is 0 Å². The van der Waals surface area contributed by atoms with Gasteiger partial charge in [-0.3, -0.25) is 14.4 Å². The van der Waals surface area contributed by atoms with Crippen LogP contribution in [-0.2, 0) is 4.79 Å². The number of amides is 2. The van der Waals surface area contributed by atoms with Crippen LogP contribution in [0.4, 0.5) is 11.4 Å². The molecular weight excluding hydrogens is 376 g/mol. The maximum atomic E-state index is 12.6. The van der Waals surface area contributed by atoms with E-state index in [0.29, 0.717) is 28.1 Å². The van der Waals surface area contributed by atoms with Crippen LogP contribution in [0.2, 0.25) is 0 Å². The van der Waals surface area contributed by atoms with E-state index < -0.39 is 5.41 Å². The fourth-order valence-electron chi connectivity index (χ4n) is 2.72. The number of nitrogens with one attached hydrogen (secondary N) is 2. The molecule has 0 aliphatic carbocycles. The number of hydrogen-bond donors (Lipinski definition) is 2. The Morgan fingerprint density at radius 3 is 1.90 bits per heavy atom. The summed E-state index contributed by atoms with van der Waals surface area (Å²) in [5.74, 6) is -0.502. The van der Waals surface area contributed by atoms with E-state index in [-0.39, 0.29) is 17.6 Å². The lowest BCUT2D eigenvalue weighted by molar-refractivity contribution is -0.123. The summed E-state index contributed by atoms with van der Waals surface area (Å²) in [6.45, 7) is 5.50. The maximum Gasteiger partial charge on any atom is 0.255 e. The van der Waals surface area contributed by atoms with Gasteiger partial charge in [-0.25, -0.2) is 0 Å². The van der Waals surface area contributed by atoms with Crippen molar-refractivity contribution < 1.29 is 14.4 Å². The summed E-state index contributed by atoms with van der Waals surface area (Å²) in [5, 5.41) is 5.64. The highest BCUT2D eigenvalue weighted by atomic mass is 16.2. The SMILES string of the molecule is CC(C)(C)C(=O)Nc1ccc(C(=O)Nc2cccc(C(=O)c3ccccc3)c2)cc1. The van der Waals surface area contributed by atoms with Crippen molar-refractivity contribution in [2.75, 3.05) is 10.6 Å². The molecule has 0 atom stereocenters. The molecular formula is C25H24N2O3. The van der Waals surface area contributed by atoms with Crippen LogP contribution in [0.25, 0.3) is 0 Å². The Morgan fingerprint density at radius 1 is 0.633 bits per heavy atom. The number of hydrogen-bond acceptors (Lipinski definition) is 3. The van der Waals surface area contributed by atoms with Gasteiger partial charge in [0.15, 0.2) is 5.78 Å². The first kappa shape index (κ1) is 21.0. The van der Waals surface area contributed by atoms with Gasteiger partial charge in [-0.2, -0.15) is 0 Å². The summed E-state index contributed by atoms with van der Waals surface area (Å²) in [7, 11) is 0. The molecule has 0 bridgehead atoms. The number of carbonyl (C=O) groups excluding carboxylic acids is 3. The van der Waals surface area contributed by atoms with Crippen molar-refractivity contribution in [3.63, 3.8) is 0 Å². The first-order valence-corrected chi connectivity index (χ1v) is 9.67. The molecule has 0 aliphatic heterocycles. The summed E-state index contributed by atoms with van der Waals surface area (Å²) in [5.41, 5.74) is 2.20. The zero-order valence-corrected chi connectivity index (χ0v) is 17.2. The lowest BCUT2D eigenvalue weighted by Gasteiger charge is -2.17. The van der Waals surface area contributed by atoms with E-state index in [2.05, 4.69) is 10.6 Å². The number of benzene rings is 3. The van der Waals surface area contributed by atoms with Crippen LogP contribution in [-0.4, -0.2) is 17.6 Å². The summed E-state index contributed by atoms with van der Waals surface area (Å²) in [4.78, 5) is 37.2. The van der Waals surface area contributed by atoms with Crippen LogP contribution < -0.4 is 10.6 Å². The van der Waals surface area contributed by atoms with Crippen LogP contribution in [0, 0.1) is 5.41 Å². The van der Waals surface area contributed by atoms with E-state index in [1.807, 2.05) is 39.0 Å². The second-order valence-corrected chi connectivity index (χ2v) is 8.01. The van der Waals surface area contributed by atoms with Crippen molar-refractivity contribution >= 4 is 29.0 Å². The van der Waals surface area contributed by atoms with E-state index in [1.54, 1.807) is 60.7 Å². The molecule has 0 heterocycles. The largest absolute Gasteiger partial charge is 0.326 e. The Morgan fingerprint density at radius 2 is 1.27 bits per heavy atom. The maximum absolute atomic E-state index is 12.6. The Balaban J connectivity index is 1.69. The Labute approximate surface area is 176 Å². The van der Waals surface area contributed by atoms with E-state index >= 15 is 0 Å². The third-order valence-corrected chi connectivity index (χ3v) is 4.50. The van der Waals surface area contributed by atoms with Crippen LogP contribution in [0.3, 0.4) is 0 Å². The molecule has 3 rings (SSSR count). The van der Waals surface area contributed by atoms with Gasteiger partial charge in [0.1, 0.15) is 0 Å². The van der Waals surface area contributed by atoms with Gasteiger partial charge in [-0.1, -0.05) is 63.2 Å². The van der Waals surface area contributed by atoms with E-state index in [9.17, 15) is 14.4 Å². The first-order valence-electron chi connectivity index (χ1n) is 9.67. The molecule has 0 radical (unpaired) electrons. The smallest absolute Gasteiger partial charge is 0.255 e. The molecule has 30 heavy (non-hydrogen) atoms. The molecule has 5 nitrogen and oxygen atoms in total. The van der Waals surface area contributed by atoms with Gasteiger partial charge in [0, 0.05) is 33.5 Å². The normalized spacial score (nSPS) is 10.9. The number of carbonyl (C=O) groups is 3. The molecule has 0 spiro atoms. The molecule has 152 valence electrons. The molecule has 0 aliphatic rings. The van der Waals surface area contributed by atoms with Crippen LogP contribution >= 0.6 is 0 Å². The van der Waals surface area contributed by atoms with Crippen LogP contribution in [0.5, 0.6) is 0 Å². The zero-order chi connectivity index (χ0) is 21.7. The summed E-state index contributed by atoms with van der Waals surface area (Å²) >= 11 is 0. The summed E-state index contributed by atoms with van der Waals surface area (Å²) < 4.78 is 0. The van der Waals surface area contributed by atoms with Gasteiger partial charge < -0.3 is 10.6 Å². The summed E-state index contributed by atoms with van der Waals surface area (Å²) in [6, 6.07) is 22.5. The molecule has 0 saturated heterocycles. The Hall–Kier alpha value is -3.73. The highest BCUT2D eigenvalue weighted by Crippen LogP contribution is 2.19. The topological polar surface area (TPSA) is 75.3 Å². The van der Waals surface area contributed by atoms with Gasteiger partial charge in [0.2, 0.25) is 5.91 Å². The molecule has 0 aromatic heterocycles. The fraction of sp³-hybridized carbons (Fsp3) is 0.160. The molecule has 2 amide bonds. The average molecular weight is 400 g/mol. The lowest BCUT2D eigenvalue weighted by Crippen LogP contribution is -2.27. The third-order valence-electron chi connectivity index (χ3n) is 4.50. The van der Waals surface area contributed by atoms with Gasteiger partial charge in [-0.05, 0) is 36.4 Å². The minimum absolute atomic E-state index is 0.0976. The van der Waals surface area contributed by atoms with Gasteiger partial charge in [0.25, 0.3) is 5.91 Å². The first-order chi connectivity index (χ1) is 14.2. The second-order valence-electron chi connectivity index (χ2n) is 8.01. The highest BCUT2D eigenvalue weighted by Gasteiger charge is 2.21. The summed E-state index contributed by atoms with van der Waals surface area (Å²) in [6.07, 6.45) is 0. The minimum atomic E-state index is -0.502. The van der Waals surface area contributed by atoms with Gasteiger partial charge >= 0.3 is 0 Å². The highest BCUT2D eigenvalue weighted by molar-refractivity contribution is 6.10. The second kappa shape index (κ2) is 8.74. The molecule has 2 N–H and O–H groups in total. The predicted molar refractivity (Wildman–Crippen MR) is 119 cm³/mol. The van der Waals surface area contributed by atoms with E-state index in [1.165, 1.54) is 0 Å². The van der Waals surface area contributed by atoms with E-state index in [4.69, 9.17) is 0 Å². The van der Waals surface area contributed by atoms with Crippen molar-refractivity contribution in [2.24, 2.45) is 5.41 Å². The van der Waals surface area contributed by atoms with Crippen molar-refractivity contribution in [2.45, 2.75) is 20.8 Å². The molecule has 5 heteroatoms. The molecule has 0 saturated carbocycles. The van der Waals surface area contributed by atoms with Crippen molar-refractivity contribution in [3.05, 3.63) is 95.6 Å². The van der Waals surface area contributed by atoms with Crippen molar-refractivity contribution in [3.8, 4) is 0 Å². The number of anilines is 2. The third kappa shape index (κ3) is 5.20. The predicted octanol–water partition coefficient (Wildman–Crippen LogP) is 5.15. The molecule has 3 aromatic rings. The number of ketones is 1. The monoisotopic (exact) mass is 400 g/mol. The van der Waals surface area contributed by atoms with Crippen molar-refractivity contribution in [1.29, 1.82) is 0 Å². The van der Waals surface area contributed by atoms with Crippen LogP contribution in [0.1, 0.15) is 47.1 Å². The standard InChI is InChI=1S/C25H24N2O3/c1-25(2,3)24(30)27-20-14-12-18(13-15-20)23(29)26-21-11-7-10-19(16-21)22(28)17-8-5-4-6-9-17/h4-16H,1-3H3,(H,26,29)(H,27,30).